The van der Waals surface area contributed by atoms with Crippen LogP contribution in [0.4, 0.5) is 10.6 Å². The molecule has 1 fully saturated rings. The van der Waals surface area contributed by atoms with Crippen LogP contribution in [0.1, 0.15) is 0 Å². The Labute approximate surface area is 171 Å². The monoisotopic (exact) mass is 406 g/mol. The first-order valence-corrected chi connectivity index (χ1v) is 9.78. The Balaban J connectivity index is 1.72. The van der Waals surface area contributed by atoms with E-state index in [9.17, 15) is 14.7 Å². The number of urea groups is 1. The van der Waals surface area contributed by atoms with Crippen molar-refractivity contribution in [1.29, 1.82) is 0 Å². The predicted octanol–water partition coefficient (Wildman–Crippen LogP) is 3.30. The number of aromatic nitrogens is 1. The van der Waals surface area contributed by atoms with Gasteiger partial charge in [-0.2, -0.15) is 0 Å². The molecule has 2 heterocycles. The number of benzene rings is 2. The molecule has 1 aliphatic heterocycles. The summed E-state index contributed by atoms with van der Waals surface area (Å²) < 4.78 is 0. The van der Waals surface area contributed by atoms with Crippen molar-refractivity contribution in [2.24, 2.45) is 10.9 Å². The van der Waals surface area contributed by atoms with Crippen molar-refractivity contribution >= 4 is 35.3 Å². The molecule has 0 saturated carbocycles. The molecule has 7 nitrogen and oxygen atoms in total. The third-order valence-corrected chi connectivity index (χ3v) is 5.70. The molecule has 2 N–H and O–H groups in total. The SMILES string of the molecule is CN1C(=O)NC(O)C(/C=N/c2nc(-c3ccccc3)sc2-c2ccccc2)C1=O. The normalized spacial score (nSPS) is 19.6. The Morgan fingerprint density at radius 3 is 2.34 bits per heavy atom. The zero-order valence-corrected chi connectivity index (χ0v) is 16.3. The number of aliphatic hydroxyl groups excluding tert-OH is 1. The number of rotatable bonds is 4. The van der Waals surface area contributed by atoms with Gasteiger partial charge in [0, 0.05) is 18.8 Å². The van der Waals surface area contributed by atoms with Crippen LogP contribution in [0.15, 0.2) is 65.7 Å². The molecule has 1 aliphatic rings. The minimum atomic E-state index is -1.33. The number of nitrogens with one attached hydrogen (secondary N) is 1. The number of hydrogen-bond acceptors (Lipinski definition) is 6. The summed E-state index contributed by atoms with van der Waals surface area (Å²) in [6, 6.07) is 18.9. The Morgan fingerprint density at radius 2 is 1.69 bits per heavy atom. The number of aliphatic hydroxyl groups is 1. The number of amides is 3. The van der Waals surface area contributed by atoms with E-state index < -0.39 is 24.1 Å². The Hall–Kier alpha value is -3.36. The average Bonchev–Trinajstić information content (AvgIpc) is 3.17. The summed E-state index contributed by atoms with van der Waals surface area (Å²) in [7, 11) is 1.36. The molecule has 1 aromatic heterocycles. The number of aliphatic imine (C=N–C) groups is 1. The predicted molar refractivity (Wildman–Crippen MR) is 112 cm³/mol. The first kappa shape index (κ1) is 19.0. The van der Waals surface area contributed by atoms with Gasteiger partial charge in [-0.3, -0.25) is 9.69 Å². The van der Waals surface area contributed by atoms with Crippen LogP contribution in [-0.4, -0.2) is 46.4 Å². The molecule has 146 valence electrons. The maximum atomic E-state index is 12.3. The average molecular weight is 406 g/mol. The van der Waals surface area contributed by atoms with E-state index in [4.69, 9.17) is 0 Å². The molecule has 8 heteroatoms. The highest BCUT2D eigenvalue weighted by Gasteiger charge is 2.37. The van der Waals surface area contributed by atoms with Gasteiger partial charge in [-0.05, 0) is 5.56 Å². The van der Waals surface area contributed by atoms with E-state index in [0.29, 0.717) is 5.82 Å². The second-order valence-electron chi connectivity index (χ2n) is 6.50. The van der Waals surface area contributed by atoms with Crippen molar-refractivity contribution in [1.82, 2.24) is 15.2 Å². The first-order valence-electron chi connectivity index (χ1n) is 8.96. The number of nitrogens with zero attached hydrogens (tertiary/aromatic N) is 3. The lowest BCUT2D eigenvalue weighted by atomic mass is 10.1. The van der Waals surface area contributed by atoms with Crippen LogP contribution < -0.4 is 5.32 Å². The summed E-state index contributed by atoms with van der Waals surface area (Å²) in [5.41, 5.74) is 1.93. The molecule has 0 bridgehead atoms. The summed E-state index contributed by atoms with van der Waals surface area (Å²) >= 11 is 1.50. The fraction of sp³-hybridized carbons (Fsp3) is 0.143. The highest BCUT2D eigenvalue weighted by molar-refractivity contribution is 7.19. The summed E-state index contributed by atoms with van der Waals surface area (Å²) in [6.45, 7) is 0. The van der Waals surface area contributed by atoms with Crippen molar-refractivity contribution in [2.75, 3.05) is 7.05 Å². The fourth-order valence-corrected chi connectivity index (χ4v) is 3.97. The molecule has 1 saturated heterocycles. The highest BCUT2D eigenvalue weighted by Crippen LogP contribution is 2.39. The smallest absolute Gasteiger partial charge is 0.325 e. The van der Waals surface area contributed by atoms with Gasteiger partial charge in [0.2, 0.25) is 5.91 Å². The van der Waals surface area contributed by atoms with Crippen LogP contribution in [0, 0.1) is 5.92 Å². The van der Waals surface area contributed by atoms with Gasteiger partial charge in [-0.25, -0.2) is 14.8 Å². The van der Waals surface area contributed by atoms with Gasteiger partial charge >= 0.3 is 6.03 Å². The molecule has 0 radical (unpaired) electrons. The number of imide groups is 1. The molecule has 0 spiro atoms. The van der Waals surface area contributed by atoms with Crippen molar-refractivity contribution in [3.63, 3.8) is 0 Å². The van der Waals surface area contributed by atoms with Gasteiger partial charge in [0.25, 0.3) is 0 Å². The molecular weight excluding hydrogens is 388 g/mol. The Kier molecular flexibility index (Phi) is 5.20. The van der Waals surface area contributed by atoms with Crippen LogP contribution >= 0.6 is 11.3 Å². The summed E-state index contributed by atoms with van der Waals surface area (Å²) in [5, 5.41) is 13.2. The van der Waals surface area contributed by atoms with Crippen molar-refractivity contribution < 1.29 is 14.7 Å². The van der Waals surface area contributed by atoms with E-state index in [1.807, 2.05) is 60.7 Å². The number of thiazole rings is 1. The molecule has 4 rings (SSSR count). The molecular formula is C21H18N4O3S. The molecule has 2 unspecified atom stereocenters. The number of hydrogen-bond donors (Lipinski definition) is 2. The standard InChI is InChI=1S/C21H18N4O3S/c1-25-20(27)15(18(26)24-21(25)28)12-22-17-16(13-8-4-2-5-9-13)29-19(23-17)14-10-6-3-7-11-14/h2-12,15,18,26H,1H3,(H,24,28)/b22-12+. The third kappa shape index (κ3) is 3.80. The van der Waals surface area contributed by atoms with Gasteiger partial charge in [0.05, 0.1) is 4.88 Å². The van der Waals surface area contributed by atoms with E-state index in [2.05, 4.69) is 15.3 Å². The van der Waals surface area contributed by atoms with Gasteiger partial charge in [0.1, 0.15) is 17.2 Å². The number of carbonyl (C=O) groups is 2. The second kappa shape index (κ2) is 7.94. The minimum absolute atomic E-state index is 0.458. The van der Waals surface area contributed by atoms with Crippen molar-refractivity contribution in [3.8, 4) is 21.0 Å². The van der Waals surface area contributed by atoms with Crippen molar-refractivity contribution in [3.05, 3.63) is 60.7 Å². The molecule has 29 heavy (non-hydrogen) atoms. The molecule has 2 aromatic carbocycles. The Morgan fingerprint density at radius 1 is 1.07 bits per heavy atom. The zero-order valence-electron chi connectivity index (χ0n) is 15.5. The van der Waals surface area contributed by atoms with Crippen molar-refractivity contribution in [2.45, 2.75) is 6.23 Å². The first-order chi connectivity index (χ1) is 14.0. The summed E-state index contributed by atoms with van der Waals surface area (Å²) in [6.07, 6.45) is 0.0153. The van der Waals surface area contributed by atoms with E-state index in [0.717, 1.165) is 25.9 Å². The third-order valence-electron chi connectivity index (χ3n) is 4.56. The maximum absolute atomic E-state index is 12.3. The quantitative estimate of drug-likeness (QED) is 0.650. The molecule has 3 amide bonds. The Bertz CT molecular complexity index is 1070. The lowest BCUT2D eigenvalue weighted by Crippen LogP contribution is -2.59. The lowest BCUT2D eigenvalue weighted by molar-refractivity contribution is -0.134. The topological polar surface area (TPSA) is 94.9 Å². The van der Waals surface area contributed by atoms with Gasteiger partial charge in [-0.1, -0.05) is 60.7 Å². The van der Waals surface area contributed by atoms with Crippen LogP contribution in [-0.2, 0) is 4.79 Å². The van der Waals surface area contributed by atoms with Crippen LogP contribution in [0.25, 0.3) is 21.0 Å². The van der Waals surface area contributed by atoms with E-state index in [1.54, 1.807) is 0 Å². The highest BCUT2D eigenvalue weighted by atomic mass is 32.1. The fourth-order valence-electron chi connectivity index (χ4n) is 2.95. The van der Waals surface area contributed by atoms with Crippen LogP contribution in [0.2, 0.25) is 0 Å². The lowest BCUT2D eigenvalue weighted by Gasteiger charge is -2.30. The van der Waals surface area contributed by atoms with Gasteiger partial charge < -0.3 is 10.4 Å². The van der Waals surface area contributed by atoms with E-state index in [-0.39, 0.29) is 0 Å². The van der Waals surface area contributed by atoms with Crippen LogP contribution in [0.3, 0.4) is 0 Å². The maximum Gasteiger partial charge on any atom is 0.325 e. The largest absolute Gasteiger partial charge is 0.372 e. The number of carbonyl (C=O) groups excluding carboxylic acids is 2. The zero-order chi connectivity index (χ0) is 20.4. The van der Waals surface area contributed by atoms with E-state index in [1.165, 1.54) is 24.6 Å². The van der Waals surface area contributed by atoms with E-state index >= 15 is 0 Å². The summed E-state index contributed by atoms with van der Waals surface area (Å²) in [5.74, 6) is -1.05. The van der Waals surface area contributed by atoms with Gasteiger partial charge in [-0.15, -0.1) is 11.3 Å². The molecule has 3 aromatic rings. The van der Waals surface area contributed by atoms with Crippen LogP contribution in [0.5, 0.6) is 0 Å². The van der Waals surface area contributed by atoms with Gasteiger partial charge in [0.15, 0.2) is 5.82 Å². The molecule has 0 aliphatic carbocycles. The second-order valence-corrected chi connectivity index (χ2v) is 7.50. The molecule has 2 atom stereocenters. The minimum Gasteiger partial charge on any atom is -0.372 e. The summed E-state index contributed by atoms with van der Waals surface area (Å²) in [4.78, 5) is 34.8.